The van der Waals surface area contributed by atoms with Crippen LogP contribution in [0.1, 0.15) is 44.2 Å². The molecule has 1 aromatic rings. The smallest absolute Gasteiger partial charge is 0.130 e. The Morgan fingerprint density at radius 2 is 2.17 bits per heavy atom. The van der Waals surface area contributed by atoms with E-state index in [4.69, 9.17) is 11.6 Å². The molecule has 1 fully saturated rings. The van der Waals surface area contributed by atoms with Crippen LogP contribution in [0.25, 0.3) is 0 Å². The first-order chi connectivity index (χ1) is 8.47. The fraction of sp³-hybridized carbons (Fsp3) is 0.600. The van der Waals surface area contributed by atoms with Crippen LogP contribution >= 0.6 is 11.6 Å². The lowest BCUT2D eigenvalue weighted by Gasteiger charge is -2.24. The first-order valence-electron chi connectivity index (χ1n) is 6.68. The third-order valence-corrected chi connectivity index (χ3v) is 3.97. The Bertz CT molecular complexity index is 405. The normalized spacial score (nSPS) is 21.0. The van der Waals surface area contributed by atoms with Gasteiger partial charge in [0.1, 0.15) is 5.67 Å². The van der Waals surface area contributed by atoms with Crippen molar-refractivity contribution in [3.8, 4) is 0 Å². The Balaban J connectivity index is 2.09. The summed E-state index contributed by atoms with van der Waals surface area (Å²) >= 11 is 6.26. The molecule has 1 nitrogen and oxygen atoms in total. The van der Waals surface area contributed by atoms with Crippen molar-refractivity contribution in [3.63, 3.8) is 0 Å². The monoisotopic (exact) mass is 269 g/mol. The first kappa shape index (κ1) is 13.8. The maximum atomic E-state index is 13.8. The zero-order chi connectivity index (χ0) is 13.2. The van der Waals surface area contributed by atoms with Crippen molar-refractivity contribution in [1.82, 2.24) is 5.32 Å². The largest absolute Gasteiger partial charge is 0.314 e. The van der Waals surface area contributed by atoms with E-state index in [-0.39, 0.29) is 0 Å². The molecule has 1 aliphatic rings. The van der Waals surface area contributed by atoms with Crippen LogP contribution < -0.4 is 5.32 Å². The Morgan fingerprint density at radius 3 is 2.72 bits per heavy atom. The minimum absolute atomic E-state index is 0.514. The zero-order valence-corrected chi connectivity index (χ0v) is 11.9. The molecule has 1 unspecified atom stereocenters. The van der Waals surface area contributed by atoms with E-state index in [1.54, 1.807) is 19.9 Å². The topological polar surface area (TPSA) is 12.0 Å². The van der Waals surface area contributed by atoms with Gasteiger partial charge in [0.05, 0.1) is 0 Å². The molecule has 2 rings (SSSR count). The molecule has 1 heterocycles. The number of benzene rings is 1. The molecule has 1 saturated heterocycles. The zero-order valence-electron chi connectivity index (χ0n) is 11.1. The van der Waals surface area contributed by atoms with Gasteiger partial charge in [-0.15, -0.1) is 0 Å². The number of hydrogen-bond acceptors (Lipinski definition) is 1. The number of halogens is 2. The second-order valence-electron chi connectivity index (χ2n) is 5.63. The van der Waals surface area contributed by atoms with Crippen molar-refractivity contribution in [2.45, 2.75) is 51.2 Å². The highest BCUT2D eigenvalue weighted by molar-refractivity contribution is 6.31. The van der Waals surface area contributed by atoms with Crippen molar-refractivity contribution in [3.05, 3.63) is 34.3 Å². The third kappa shape index (κ3) is 3.46. The number of nitrogens with one attached hydrogen (secondary N) is 1. The molecule has 1 N–H and O–H groups in total. The van der Waals surface area contributed by atoms with E-state index in [9.17, 15) is 4.39 Å². The highest BCUT2D eigenvalue weighted by Gasteiger charge is 2.20. The van der Waals surface area contributed by atoms with Crippen molar-refractivity contribution >= 4 is 11.6 Å². The highest BCUT2D eigenvalue weighted by Crippen LogP contribution is 2.29. The Kier molecular flexibility index (Phi) is 4.29. The van der Waals surface area contributed by atoms with Crippen molar-refractivity contribution in [2.24, 2.45) is 0 Å². The van der Waals surface area contributed by atoms with Gasteiger partial charge in [-0.1, -0.05) is 30.2 Å². The standard InChI is InChI=1S/C15H21ClFN/c1-15(2,17)12-7-6-11(14(16)10-12)9-13-5-3-4-8-18-13/h6-7,10,13,18H,3-5,8-9H2,1-2H3. The molecule has 1 aromatic carbocycles. The molecule has 18 heavy (non-hydrogen) atoms. The maximum Gasteiger partial charge on any atom is 0.130 e. The van der Waals surface area contributed by atoms with E-state index in [2.05, 4.69) is 5.32 Å². The molecule has 100 valence electrons. The summed E-state index contributed by atoms with van der Waals surface area (Å²) in [4.78, 5) is 0. The third-order valence-electron chi connectivity index (χ3n) is 3.62. The fourth-order valence-corrected chi connectivity index (χ4v) is 2.70. The average Bonchev–Trinajstić information content (AvgIpc) is 2.32. The van der Waals surface area contributed by atoms with E-state index in [1.807, 2.05) is 12.1 Å². The van der Waals surface area contributed by atoms with Gasteiger partial charge in [-0.3, -0.25) is 0 Å². The van der Waals surface area contributed by atoms with E-state index >= 15 is 0 Å². The van der Waals surface area contributed by atoms with Gasteiger partial charge in [-0.2, -0.15) is 0 Å². The van der Waals surface area contributed by atoms with Crippen molar-refractivity contribution < 1.29 is 4.39 Å². The van der Waals surface area contributed by atoms with Crippen LogP contribution in [-0.2, 0) is 12.1 Å². The van der Waals surface area contributed by atoms with Gasteiger partial charge in [0, 0.05) is 11.1 Å². The van der Waals surface area contributed by atoms with Crippen LogP contribution in [0, 0.1) is 0 Å². The van der Waals surface area contributed by atoms with Gasteiger partial charge >= 0.3 is 0 Å². The summed E-state index contributed by atoms with van der Waals surface area (Å²) in [6, 6.07) is 6.10. The fourth-order valence-electron chi connectivity index (χ4n) is 2.45. The molecule has 1 atom stereocenters. The summed E-state index contributed by atoms with van der Waals surface area (Å²) in [5.74, 6) is 0. The number of piperidine rings is 1. The van der Waals surface area contributed by atoms with E-state index < -0.39 is 5.67 Å². The van der Waals surface area contributed by atoms with Gasteiger partial charge in [0.15, 0.2) is 0 Å². The lowest BCUT2D eigenvalue weighted by molar-refractivity contribution is 0.221. The molecule has 0 aromatic heterocycles. The van der Waals surface area contributed by atoms with E-state index in [0.717, 1.165) is 18.5 Å². The summed E-state index contributed by atoms with van der Waals surface area (Å²) in [5.41, 5.74) is 0.433. The van der Waals surface area contributed by atoms with Gasteiger partial charge in [-0.05, 0) is 56.8 Å². The number of hydrogen-bond donors (Lipinski definition) is 1. The highest BCUT2D eigenvalue weighted by atomic mass is 35.5. The number of rotatable bonds is 3. The van der Waals surface area contributed by atoms with Gasteiger partial charge in [-0.25, -0.2) is 4.39 Å². The molecule has 1 aliphatic heterocycles. The SMILES string of the molecule is CC(C)(F)c1ccc(CC2CCCCN2)c(Cl)c1. The van der Waals surface area contributed by atoms with Crippen molar-refractivity contribution in [2.75, 3.05) is 6.54 Å². The molecule has 0 saturated carbocycles. The van der Waals surface area contributed by atoms with Crippen LogP contribution in [0.15, 0.2) is 18.2 Å². The Labute approximate surface area is 114 Å². The number of alkyl halides is 1. The lowest BCUT2D eigenvalue weighted by atomic mass is 9.94. The maximum absolute atomic E-state index is 13.8. The van der Waals surface area contributed by atoms with Crippen LogP contribution in [0.4, 0.5) is 4.39 Å². The molecule has 3 heteroatoms. The molecule has 0 aliphatic carbocycles. The summed E-state index contributed by atoms with van der Waals surface area (Å²) in [5, 5.41) is 4.19. The minimum Gasteiger partial charge on any atom is -0.314 e. The van der Waals surface area contributed by atoms with Crippen LogP contribution in [0.2, 0.25) is 5.02 Å². The summed E-state index contributed by atoms with van der Waals surface area (Å²) in [6.07, 6.45) is 4.68. The summed E-state index contributed by atoms with van der Waals surface area (Å²) in [6.45, 7) is 4.21. The molecular weight excluding hydrogens is 249 g/mol. The van der Waals surface area contributed by atoms with Crippen LogP contribution in [0.3, 0.4) is 0 Å². The Morgan fingerprint density at radius 1 is 1.39 bits per heavy atom. The second kappa shape index (κ2) is 5.58. The molecule has 0 bridgehead atoms. The molecule has 0 amide bonds. The van der Waals surface area contributed by atoms with E-state index in [1.165, 1.54) is 19.3 Å². The van der Waals surface area contributed by atoms with Gasteiger partial charge in [0.25, 0.3) is 0 Å². The van der Waals surface area contributed by atoms with Crippen LogP contribution in [-0.4, -0.2) is 12.6 Å². The average molecular weight is 270 g/mol. The first-order valence-corrected chi connectivity index (χ1v) is 7.06. The predicted molar refractivity (Wildman–Crippen MR) is 74.9 cm³/mol. The van der Waals surface area contributed by atoms with Crippen molar-refractivity contribution in [1.29, 1.82) is 0 Å². The lowest BCUT2D eigenvalue weighted by Crippen LogP contribution is -2.35. The Hall–Kier alpha value is -0.600. The predicted octanol–water partition coefficient (Wildman–Crippen LogP) is 4.23. The molecular formula is C15H21ClFN. The second-order valence-corrected chi connectivity index (χ2v) is 6.04. The van der Waals surface area contributed by atoms with E-state index in [0.29, 0.717) is 16.6 Å². The van der Waals surface area contributed by atoms with Gasteiger partial charge in [0.2, 0.25) is 0 Å². The quantitative estimate of drug-likeness (QED) is 0.866. The molecule has 0 spiro atoms. The van der Waals surface area contributed by atoms with Crippen LogP contribution in [0.5, 0.6) is 0 Å². The summed E-state index contributed by atoms with van der Waals surface area (Å²) in [7, 11) is 0. The molecule has 0 radical (unpaired) electrons. The minimum atomic E-state index is -1.33. The summed E-state index contributed by atoms with van der Waals surface area (Å²) < 4.78 is 13.8. The van der Waals surface area contributed by atoms with Gasteiger partial charge < -0.3 is 5.32 Å².